The van der Waals surface area contributed by atoms with Crippen molar-refractivity contribution in [2.24, 2.45) is 0 Å². The number of hydrogen-bond acceptors (Lipinski definition) is 20. The molecule has 0 saturated carbocycles. The molecule has 0 saturated heterocycles. The second kappa shape index (κ2) is 25.2. The number of fused-ring (bicyclic) bond motifs is 4. The highest BCUT2D eigenvalue weighted by Gasteiger charge is 2.49. The van der Waals surface area contributed by atoms with Crippen molar-refractivity contribution < 1.29 is 106 Å². The molecule has 0 aliphatic heterocycles. The molecule has 8 rings (SSSR count). The zero-order chi connectivity index (χ0) is 67.6. The maximum absolute atomic E-state index is 14.5. The average molecular weight is 1240 g/mol. The van der Waals surface area contributed by atoms with E-state index < -0.39 is 103 Å². The van der Waals surface area contributed by atoms with Gasteiger partial charge in [0.05, 0.1) is 79.1 Å². The number of Topliss-reactive ketones (excluding diaryl/α,β-unsaturated/α-hetero) is 8. The highest BCUT2D eigenvalue weighted by atomic mass is 16.5. The van der Waals surface area contributed by atoms with Gasteiger partial charge in [-0.2, -0.15) is 0 Å². The number of carbonyl (C=O) groups is 12. The number of methoxy groups -OCH3 is 8. The fourth-order valence-corrected chi connectivity index (χ4v) is 12.8. The number of allylic oxidation sites excluding steroid dienone is 8. The van der Waals surface area contributed by atoms with Crippen LogP contribution >= 0.6 is 0 Å². The first-order valence-electron chi connectivity index (χ1n) is 28.2. The summed E-state index contributed by atoms with van der Waals surface area (Å²) >= 11 is 0. The van der Waals surface area contributed by atoms with Crippen molar-refractivity contribution in [2.45, 2.75) is 107 Å². The maximum Gasteiger partial charge on any atom is 0.340 e. The third-order valence-corrected chi connectivity index (χ3v) is 16.6. The summed E-state index contributed by atoms with van der Waals surface area (Å²) in [4.78, 5) is 165. The summed E-state index contributed by atoms with van der Waals surface area (Å²) in [5.41, 5.74) is -4.94. The Labute approximate surface area is 517 Å². The van der Waals surface area contributed by atoms with Crippen LogP contribution in [0.4, 0.5) is 0 Å². The van der Waals surface area contributed by atoms with Crippen molar-refractivity contribution in [3.05, 3.63) is 134 Å². The lowest BCUT2D eigenvalue weighted by molar-refractivity contribution is 0.0678. The van der Waals surface area contributed by atoms with E-state index in [2.05, 4.69) is 0 Å². The molecule has 0 fully saturated rings. The molecule has 0 radical (unpaired) electrons. The predicted molar refractivity (Wildman–Crippen MR) is 325 cm³/mol. The zero-order valence-corrected chi connectivity index (χ0v) is 53.5. The molecule has 472 valence electrons. The molecule has 22 nitrogen and oxygen atoms in total. The summed E-state index contributed by atoms with van der Waals surface area (Å²) in [6, 6.07) is 0. The minimum atomic E-state index is -1.60. The lowest BCUT2D eigenvalue weighted by Gasteiger charge is -2.31. The molecule has 0 unspecified atom stereocenters. The van der Waals surface area contributed by atoms with Gasteiger partial charge in [-0.3, -0.25) is 47.9 Å². The first-order valence-corrected chi connectivity index (χ1v) is 28.2. The van der Waals surface area contributed by atoms with Gasteiger partial charge >= 0.3 is 11.9 Å². The number of aromatic carboxylic acids is 2. The number of carboxylic acids is 2. The SMILES string of the molecule is COc1c(C=O)c2c(c(C(C)C)c1OC)C(=O)C(C)=C(C1=C(C)C(=O)c3c(c(C=O)c(OC)c(OC)c3C(C)C)C1=O)C2=O.COc1c(OC)c(C(C)C)c2c(c1C(=O)O)C(=O)C(C1=C(C)C(=O)c3c(c(C(=O)O)c(OC)c(OC)c3C(C)C)C1=O)=C(C)C2=O. The monoisotopic (exact) mass is 1240 g/mol. The van der Waals surface area contributed by atoms with Gasteiger partial charge in [-0.25, -0.2) is 9.59 Å². The summed E-state index contributed by atoms with van der Waals surface area (Å²) in [6.07, 6.45) is 0.795. The molecule has 0 heterocycles. The first kappa shape index (κ1) is 67.4. The number of ether oxygens (including phenoxy) is 8. The molecule has 0 atom stereocenters. The van der Waals surface area contributed by atoms with Crippen molar-refractivity contribution >= 4 is 70.8 Å². The van der Waals surface area contributed by atoms with Gasteiger partial charge < -0.3 is 48.1 Å². The predicted octanol–water partition coefficient (Wildman–Crippen LogP) is 11.1. The smallest absolute Gasteiger partial charge is 0.340 e. The largest absolute Gasteiger partial charge is 0.493 e. The Morgan fingerprint density at radius 3 is 0.667 bits per heavy atom. The van der Waals surface area contributed by atoms with Crippen LogP contribution in [0.15, 0.2) is 44.6 Å². The number of benzene rings is 4. The molecule has 4 aliphatic carbocycles. The minimum Gasteiger partial charge on any atom is -0.493 e. The van der Waals surface area contributed by atoms with Crippen molar-refractivity contribution in [3.63, 3.8) is 0 Å². The Hall–Kier alpha value is -10.1. The Morgan fingerprint density at radius 2 is 0.489 bits per heavy atom. The third-order valence-electron chi connectivity index (χ3n) is 16.6. The standard InChI is InChI=1S/C34H34O12.C34H34O10/c1-11(2)15-19-21(23(33(39)40)31(45-9)29(15)43-7)27(37)17(13(5)25(19)35)18-14(6)26(36)20-16(12(3)4)30(44-8)32(46-10)24(34(41)42)22(20)28(18)38;1-13(2)19-25-23(17(11-35)31(41-7)33(19)43-9)29(39)21(15(5)27(25)37)22-16(6)28(38)26-20(14(3)4)34(44-10)32(42-8)18(12-36)24(26)30(22)40/h11-12H,1-10H3,(H,39,40)(H,41,42);11-14H,1-10H3. The van der Waals surface area contributed by atoms with Gasteiger partial charge in [0, 0.05) is 100 Å². The summed E-state index contributed by atoms with van der Waals surface area (Å²) in [7, 11) is 10.3. The van der Waals surface area contributed by atoms with Crippen molar-refractivity contribution in [3.8, 4) is 46.0 Å². The van der Waals surface area contributed by atoms with E-state index in [0.29, 0.717) is 23.7 Å². The molecule has 2 N–H and O–H groups in total. The minimum absolute atomic E-state index is 0.0266. The lowest BCUT2D eigenvalue weighted by Crippen LogP contribution is -2.33. The molecule has 4 aromatic rings. The van der Waals surface area contributed by atoms with Crippen molar-refractivity contribution in [2.75, 3.05) is 56.9 Å². The van der Waals surface area contributed by atoms with Gasteiger partial charge in [0.2, 0.25) is 0 Å². The van der Waals surface area contributed by atoms with E-state index >= 15 is 0 Å². The Bertz CT molecular complexity index is 3900. The second-order valence-corrected chi connectivity index (χ2v) is 22.6. The van der Waals surface area contributed by atoms with E-state index in [1.807, 2.05) is 0 Å². The van der Waals surface area contributed by atoms with E-state index in [-0.39, 0.29) is 147 Å². The number of carboxylic acid groups (broad SMARTS) is 2. The Kier molecular flexibility index (Phi) is 18.8. The molecule has 0 bridgehead atoms. The van der Waals surface area contributed by atoms with Crippen LogP contribution in [-0.4, -0.2) is 138 Å². The van der Waals surface area contributed by atoms with E-state index in [9.17, 15) is 67.7 Å². The van der Waals surface area contributed by atoms with Gasteiger partial charge in [0.1, 0.15) is 11.1 Å². The number of carbonyl (C=O) groups excluding carboxylic acids is 10. The highest BCUT2D eigenvalue weighted by Crippen LogP contribution is 2.54. The van der Waals surface area contributed by atoms with Gasteiger partial charge in [-0.15, -0.1) is 0 Å². The lowest BCUT2D eigenvalue weighted by atomic mass is 9.70. The maximum atomic E-state index is 14.5. The zero-order valence-electron chi connectivity index (χ0n) is 53.5. The molecular formula is C68H68O22. The van der Waals surface area contributed by atoms with Crippen LogP contribution in [-0.2, 0) is 0 Å². The molecule has 90 heavy (non-hydrogen) atoms. The summed E-state index contributed by atoms with van der Waals surface area (Å²) < 4.78 is 43.9. The fraction of sp³-hybridized carbons (Fsp3) is 0.353. The van der Waals surface area contributed by atoms with Gasteiger partial charge in [-0.1, -0.05) is 55.4 Å². The molecular weight excluding hydrogens is 1170 g/mol. The van der Waals surface area contributed by atoms with Crippen LogP contribution in [0.25, 0.3) is 0 Å². The van der Waals surface area contributed by atoms with Gasteiger partial charge in [0.15, 0.2) is 105 Å². The second-order valence-electron chi connectivity index (χ2n) is 22.6. The summed E-state index contributed by atoms with van der Waals surface area (Å²) in [5.74, 6) is -11.6. The van der Waals surface area contributed by atoms with Crippen LogP contribution in [0.2, 0.25) is 0 Å². The van der Waals surface area contributed by atoms with Crippen LogP contribution in [0.1, 0.15) is 253 Å². The van der Waals surface area contributed by atoms with Crippen LogP contribution in [0.5, 0.6) is 46.0 Å². The topological polar surface area (TPSA) is 319 Å². The van der Waals surface area contributed by atoms with E-state index in [4.69, 9.17) is 37.9 Å². The van der Waals surface area contributed by atoms with Gasteiger partial charge in [0.25, 0.3) is 0 Å². The van der Waals surface area contributed by atoms with E-state index in [1.165, 1.54) is 84.6 Å². The molecule has 0 amide bonds. The summed E-state index contributed by atoms with van der Waals surface area (Å²) in [5, 5.41) is 20.6. The molecule has 0 aromatic heterocycles. The van der Waals surface area contributed by atoms with Crippen LogP contribution < -0.4 is 37.9 Å². The van der Waals surface area contributed by atoms with Gasteiger partial charge in [-0.05, 0) is 51.4 Å². The average Bonchev–Trinajstić information content (AvgIpc) is 0.721. The third kappa shape index (κ3) is 9.70. The molecule has 4 aliphatic rings. The Morgan fingerprint density at radius 1 is 0.300 bits per heavy atom. The molecule has 22 heteroatoms. The molecule has 0 spiro atoms. The Balaban J connectivity index is 0.000000256. The van der Waals surface area contributed by atoms with E-state index in [0.717, 1.165) is 0 Å². The summed E-state index contributed by atoms with van der Waals surface area (Å²) in [6.45, 7) is 19.4. The number of rotatable bonds is 18. The van der Waals surface area contributed by atoms with Crippen molar-refractivity contribution in [1.82, 2.24) is 0 Å². The number of ketones is 8. The quantitative estimate of drug-likeness (QED) is 0.0874. The van der Waals surface area contributed by atoms with E-state index in [1.54, 1.807) is 55.4 Å². The highest BCUT2D eigenvalue weighted by molar-refractivity contribution is 6.41. The fourth-order valence-electron chi connectivity index (χ4n) is 12.8. The van der Waals surface area contributed by atoms with Crippen molar-refractivity contribution in [1.29, 1.82) is 0 Å². The van der Waals surface area contributed by atoms with Crippen LogP contribution in [0, 0.1) is 0 Å². The van der Waals surface area contributed by atoms with Crippen LogP contribution in [0.3, 0.4) is 0 Å². The normalized spacial score (nSPS) is 14.7. The number of hydrogen-bond donors (Lipinski definition) is 2. The first-order chi connectivity index (χ1) is 42.3. The number of aldehydes is 2. The molecule has 4 aromatic carbocycles.